The highest BCUT2D eigenvalue weighted by molar-refractivity contribution is 7.13. The van der Waals surface area contributed by atoms with Crippen LogP contribution in [0.25, 0.3) is 10.7 Å². The third kappa shape index (κ3) is 3.56. The Labute approximate surface area is 131 Å². The van der Waals surface area contributed by atoms with Gasteiger partial charge in [0, 0.05) is 0 Å². The minimum atomic E-state index is -0.393. The number of carbonyl (C=O) groups excluding carboxylic acids is 1. The fraction of sp³-hybridized carbons (Fsp3) is 0.200. The number of benzene rings is 1. The number of hydrogen-bond donors (Lipinski definition) is 0. The van der Waals surface area contributed by atoms with Gasteiger partial charge in [-0.3, -0.25) is 0 Å². The summed E-state index contributed by atoms with van der Waals surface area (Å²) in [5.41, 5.74) is 2.12. The normalized spacial score (nSPS) is 10.6. The first-order valence-electron chi connectivity index (χ1n) is 6.73. The third-order valence-corrected chi connectivity index (χ3v) is 3.85. The van der Waals surface area contributed by atoms with Gasteiger partial charge in [-0.25, -0.2) is 4.79 Å². The van der Waals surface area contributed by atoms with Crippen LogP contribution in [0.3, 0.4) is 0 Å². The van der Waals surface area contributed by atoms with E-state index in [2.05, 4.69) is 15.4 Å². The van der Waals surface area contributed by atoms with Crippen molar-refractivity contribution < 1.29 is 9.53 Å². The van der Waals surface area contributed by atoms with Crippen molar-refractivity contribution in [1.29, 1.82) is 0 Å². The Bertz CT molecular complexity index is 750. The molecule has 0 aliphatic rings. The van der Waals surface area contributed by atoms with Crippen molar-refractivity contribution in [2.75, 3.05) is 0 Å². The molecule has 112 valence electrons. The Morgan fingerprint density at radius 1 is 1.27 bits per heavy atom. The maximum Gasteiger partial charge on any atom is 0.330 e. The summed E-state index contributed by atoms with van der Waals surface area (Å²) in [7, 11) is 0. The van der Waals surface area contributed by atoms with Gasteiger partial charge in [0.1, 0.15) is 6.61 Å². The van der Waals surface area contributed by atoms with Gasteiger partial charge in [-0.05, 0) is 29.1 Å². The molecule has 0 bridgehead atoms. The van der Waals surface area contributed by atoms with Gasteiger partial charge in [0.15, 0.2) is 6.54 Å². The van der Waals surface area contributed by atoms with Crippen molar-refractivity contribution in [1.82, 2.24) is 20.2 Å². The lowest BCUT2D eigenvalue weighted by atomic mass is 10.2. The summed E-state index contributed by atoms with van der Waals surface area (Å²) in [6.07, 6.45) is 0. The second kappa shape index (κ2) is 6.48. The number of tetrazole rings is 1. The van der Waals surface area contributed by atoms with Crippen molar-refractivity contribution in [3.8, 4) is 10.7 Å². The molecule has 3 rings (SSSR count). The van der Waals surface area contributed by atoms with Crippen LogP contribution in [0.4, 0.5) is 0 Å². The maximum absolute atomic E-state index is 11.8. The highest BCUT2D eigenvalue weighted by Gasteiger charge is 2.10. The Kier molecular flexibility index (Phi) is 4.24. The van der Waals surface area contributed by atoms with E-state index in [0.717, 1.165) is 10.4 Å². The van der Waals surface area contributed by atoms with Crippen molar-refractivity contribution in [2.24, 2.45) is 0 Å². The highest BCUT2D eigenvalue weighted by Crippen LogP contribution is 2.19. The number of carbonyl (C=O) groups is 1. The van der Waals surface area contributed by atoms with E-state index in [1.807, 2.05) is 48.7 Å². The van der Waals surface area contributed by atoms with Gasteiger partial charge in [-0.2, -0.15) is 4.80 Å². The first-order chi connectivity index (χ1) is 10.7. The van der Waals surface area contributed by atoms with Gasteiger partial charge in [0.25, 0.3) is 0 Å². The molecule has 0 aliphatic heterocycles. The van der Waals surface area contributed by atoms with Crippen LogP contribution in [-0.2, 0) is 22.7 Å². The monoisotopic (exact) mass is 314 g/mol. The molecule has 0 radical (unpaired) electrons. The summed E-state index contributed by atoms with van der Waals surface area (Å²) >= 11 is 1.52. The maximum atomic E-state index is 11.8. The average Bonchev–Trinajstić information content (AvgIpc) is 3.17. The molecule has 0 amide bonds. The standard InChI is InChI=1S/C15H14N4O2S/c1-11-4-6-12(7-5-11)10-21-14(20)9-19-17-15(16-18-19)13-3-2-8-22-13/h2-8H,9-10H2,1H3. The molecule has 0 spiro atoms. The highest BCUT2D eigenvalue weighted by atomic mass is 32.1. The molecular weight excluding hydrogens is 300 g/mol. The summed E-state index contributed by atoms with van der Waals surface area (Å²) in [5, 5.41) is 13.9. The zero-order valence-electron chi connectivity index (χ0n) is 12.0. The molecular formula is C15H14N4O2S. The summed E-state index contributed by atoms with van der Waals surface area (Å²) in [4.78, 5) is 14.0. The average molecular weight is 314 g/mol. The molecule has 1 aromatic carbocycles. The van der Waals surface area contributed by atoms with Crippen molar-refractivity contribution in [3.63, 3.8) is 0 Å². The smallest absolute Gasteiger partial charge is 0.330 e. The molecule has 0 fully saturated rings. The Balaban J connectivity index is 1.54. The fourth-order valence-corrected chi connectivity index (χ4v) is 2.47. The number of hydrogen-bond acceptors (Lipinski definition) is 6. The van der Waals surface area contributed by atoms with Crippen LogP contribution in [0.5, 0.6) is 0 Å². The minimum Gasteiger partial charge on any atom is -0.459 e. The van der Waals surface area contributed by atoms with Gasteiger partial charge in [-0.1, -0.05) is 35.9 Å². The van der Waals surface area contributed by atoms with E-state index in [0.29, 0.717) is 5.82 Å². The predicted molar refractivity (Wildman–Crippen MR) is 82.1 cm³/mol. The van der Waals surface area contributed by atoms with Crippen LogP contribution in [0.15, 0.2) is 41.8 Å². The molecule has 0 N–H and O–H groups in total. The van der Waals surface area contributed by atoms with Crippen LogP contribution < -0.4 is 0 Å². The summed E-state index contributed by atoms with van der Waals surface area (Å²) in [6.45, 7) is 2.20. The predicted octanol–water partition coefficient (Wildman–Crippen LogP) is 2.45. The van der Waals surface area contributed by atoms with Crippen LogP contribution in [-0.4, -0.2) is 26.2 Å². The Morgan fingerprint density at radius 2 is 2.09 bits per heavy atom. The number of esters is 1. The largest absolute Gasteiger partial charge is 0.459 e. The Morgan fingerprint density at radius 3 is 2.82 bits per heavy atom. The summed E-state index contributed by atoms with van der Waals surface area (Å²) in [6, 6.07) is 11.7. The summed E-state index contributed by atoms with van der Waals surface area (Å²) < 4.78 is 5.21. The van der Waals surface area contributed by atoms with Gasteiger partial charge in [0.2, 0.25) is 5.82 Å². The summed E-state index contributed by atoms with van der Waals surface area (Å²) in [5.74, 6) is 0.122. The van der Waals surface area contributed by atoms with E-state index in [-0.39, 0.29) is 13.2 Å². The van der Waals surface area contributed by atoms with Gasteiger partial charge in [-0.15, -0.1) is 21.5 Å². The minimum absolute atomic E-state index is 0.0514. The lowest BCUT2D eigenvalue weighted by molar-refractivity contribution is -0.146. The molecule has 22 heavy (non-hydrogen) atoms. The molecule has 2 aromatic heterocycles. The van der Waals surface area contributed by atoms with Gasteiger partial charge in [0.05, 0.1) is 4.88 Å². The molecule has 0 unspecified atom stereocenters. The van der Waals surface area contributed by atoms with E-state index >= 15 is 0 Å². The van der Waals surface area contributed by atoms with Gasteiger partial charge < -0.3 is 4.74 Å². The number of thiophene rings is 1. The zero-order chi connectivity index (χ0) is 15.4. The number of nitrogens with zero attached hydrogens (tertiary/aromatic N) is 4. The Hall–Kier alpha value is -2.54. The number of rotatable bonds is 5. The lowest BCUT2D eigenvalue weighted by Crippen LogP contribution is -2.15. The van der Waals surface area contributed by atoms with Crippen molar-refractivity contribution in [2.45, 2.75) is 20.1 Å². The SMILES string of the molecule is Cc1ccc(COC(=O)Cn2nnc(-c3cccs3)n2)cc1. The number of ether oxygens (including phenoxy) is 1. The number of aryl methyl sites for hydroxylation is 1. The molecule has 7 heteroatoms. The van der Waals surface area contributed by atoms with Crippen LogP contribution in [0.2, 0.25) is 0 Å². The first-order valence-corrected chi connectivity index (χ1v) is 7.61. The van der Waals surface area contributed by atoms with Crippen molar-refractivity contribution >= 4 is 17.3 Å². The second-order valence-corrected chi connectivity index (χ2v) is 5.71. The van der Waals surface area contributed by atoms with E-state index < -0.39 is 5.97 Å². The molecule has 0 saturated heterocycles. The quantitative estimate of drug-likeness (QED) is 0.677. The second-order valence-electron chi connectivity index (χ2n) is 4.77. The van der Waals surface area contributed by atoms with Crippen LogP contribution in [0.1, 0.15) is 11.1 Å². The topological polar surface area (TPSA) is 69.9 Å². The first kappa shape index (κ1) is 14.4. The molecule has 6 nitrogen and oxygen atoms in total. The van der Waals surface area contributed by atoms with Crippen LogP contribution >= 0.6 is 11.3 Å². The van der Waals surface area contributed by atoms with E-state index in [1.165, 1.54) is 21.7 Å². The third-order valence-electron chi connectivity index (χ3n) is 2.99. The molecule has 0 aliphatic carbocycles. The lowest BCUT2D eigenvalue weighted by Gasteiger charge is -2.04. The fourth-order valence-electron chi connectivity index (χ4n) is 1.82. The molecule has 0 saturated carbocycles. The molecule has 3 aromatic rings. The van der Waals surface area contributed by atoms with E-state index in [4.69, 9.17) is 4.74 Å². The zero-order valence-corrected chi connectivity index (χ0v) is 12.8. The molecule has 2 heterocycles. The van der Waals surface area contributed by atoms with Crippen LogP contribution in [0, 0.1) is 6.92 Å². The van der Waals surface area contributed by atoms with E-state index in [9.17, 15) is 4.79 Å². The van der Waals surface area contributed by atoms with E-state index in [1.54, 1.807) is 0 Å². The molecule has 0 atom stereocenters. The number of aromatic nitrogens is 4. The van der Waals surface area contributed by atoms with Crippen molar-refractivity contribution in [3.05, 3.63) is 52.9 Å². The van der Waals surface area contributed by atoms with Gasteiger partial charge >= 0.3 is 5.97 Å².